The molecule has 0 bridgehead atoms. The minimum absolute atomic E-state index is 0.0113. The van der Waals surface area contributed by atoms with E-state index in [4.69, 9.17) is 0 Å². The molecule has 4 rings (SSSR count). The van der Waals surface area contributed by atoms with Crippen molar-refractivity contribution >= 4 is 11.7 Å². The summed E-state index contributed by atoms with van der Waals surface area (Å²) in [6.07, 6.45) is 2.98. The Balaban J connectivity index is 1.44. The molecular weight excluding hydrogens is 291 g/mol. The van der Waals surface area contributed by atoms with Gasteiger partial charge in [0.25, 0.3) is 0 Å². The van der Waals surface area contributed by atoms with E-state index in [1.54, 1.807) is 0 Å². The number of hydrogen-bond acceptors (Lipinski definition) is 1. The van der Waals surface area contributed by atoms with Crippen LogP contribution in [-0.2, 0) is 11.8 Å². The summed E-state index contributed by atoms with van der Waals surface area (Å²) < 4.78 is 13.1. The van der Waals surface area contributed by atoms with Crippen LogP contribution in [0.4, 0.5) is 14.9 Å². The van der Waals surface area contributed by atoms with E-state index in [0.717, 1.165) is 37.1 Å². The number of carbonyl (C=O) groups is 1. The van der Waals surface area contributed by atoms with Crippen LogP contribution < -0.4 is 10.2 Å². The Hall–Kier alpha value is -2.36. The second-order valence-corrected chi connectivity index (χ2v) is 6.48. The van der Waals surface area contributed by atoms with Gasteiger partial charge in [-0.3, -0.25) is 4.90 Å². The smallest absolute Gasteiger partial charge is 0.321 e. The summed E-state index contributed by atoms with van der Waals surface area (Å²) in [6.45, 7) is 1.34. The number of para-hydroxylation sites is 1. The largest absolute Gasteiger partial charge is 0.337 e. The molecule has 0 aromatic heterocycles. The maximum absolute atomic E-state index is 13.1. The van der Waals surface area contributed by atoms with Gasteiger partial charge >= 0.3 is 6.03 Å². The Morgan fingerprint density at radius 3 is 2.61 bits per heavy atom. The minimum Gasteiger partial charge on any atom is -0.337 e. The Labute approximate surface area is 135 Å². The van der Waals surface area contributed by atoms with E-state index in [-0.39, 0.29) is 17.3 Å². The molecule has 1 heterocycles. The molecule has 1 saturated carbocycles. The van der Waals surface area contributed by atoms with Gasteiger partial charge in [0.1, 0.15) is 5.82 Å². The lowest BCUT2D eigenvalue weighted by Crippen LogP contribution is -2.42. The Morgan fingerprint density at radius 1 is 1.13 bits per heavy atom. The highest BCUT2D eigenvalue weighted by atomic mass is 19.1. The summed E-state index contributed by atoms with van der Waals surface area (Å²) in [4.78, 5) is 14.3. The molecule has 118 valence electrons. The highest BCUT2D eigenvalue weighted by molar-refractivity contribution is 5.94. The molecule has 0 spiro atoms. The minimum atomic E-state index is -0.220. The third-order valence-corrected chi connectivity index (χ3v) is 5.02. The molecule has 2 aromatic carbocycles. The maximum Gasteiger partial charge on any atom is 0.321 e. The van der Waals surface area contributed by atoms with E-state index in [2.05, 4.69) is 11.4 Å². The zero-order chi connectivity index (χ0) is 15.9. The number of fused-ring (bicyclic) bond motifs is 1. The normalized spacial score (nSPS) is 17.7. The monoisotopic (exact) mass is 310 g/mol. The predicted octanol–water partition coefficient (Wildman–Crippen LogP) is 3.63. The van der Waals surface area contributed by atoms with Crippen molar-refractivity contribution < 1.29 is 9.18 Å². The second-order valence-electron chi connectivity index (χ2n) is 6.48. The molecule has 0 saturated heterocycles. The van der Waals surface area contributed by atoms with Gasteiger partial charge in [0.2, 0.25) is 0 Å². The van der Waals surface area contributed by atoms with E-state index in [0.29, 0.717) is 6.54 Å². The quantitative estimate of drug-likeness (QED) is 0.922. The highest BCUT2D eigenvalue weighted by Crippen LogP contribution is 2.47. The number of nitrogens with one attached hydrogen (secondary N) is 1. The van der Waals surface area contributed by atoms with Crippen molar-refractivity contribution in [3.8, 4) is 0 Å². The number of anilines is 1. The summed E-state index contributed by atoms with van der Waals surface area (Å²) in [5, 5.41) is 3.07. The topological polar surface area (TPSA) is 32.3 Å². The van der Waals surface area contributed by atoms with Crippen molar-refractivity contribution in [2.24, 2.45) is 0 Å². The predicted molar refractivity (Wildman–Crippen MR) is 88.2 cm³/mol. The molecule has 2 aromatic rings. The SMILES string of the molecule is O=C(NCC1(c2ccc(F)cc2)CC1)N1CCc2ccccc21. The molecule has 2 amide bonds. The third-order valence-electron chi connectivity index (χ3n) is 5.02. The standard InChI is InChI=1S/C19H19FN2O/c20-16-7-5-15(6-8-16)19(10-11-19)13-21-18(23)22-12-9-14-3-1-2-4-17(14)22/h1-8H,9-13H2,(H,21,23). The zero-order valence-corrected chi connectivity index (χ0v) is 12.9. The summed E-state index contributed by atoms with van der Waals surface area (Å²) in [7, 11) is 0. The third kappa shape index (κ3) is 2.58. The molecule has 23 heavy (non-hydrogen) atoms. The maximum atomic E-state index is 13.1. The van der Waals surface area contributed by atoms with E-state index in [1.165, 1.54) is 17.7 Å². The van der Waals surface area contributed by atoms with Gasteiger partial charge in [0, 0.05) is 24.2 Å². The number of halogens is 1. The second kappa shape index (κ2) is 5.37. The van der Waals surface area contributed by atoms with Gasteiger partial charge in [-0.2, -0.15) is 0 Å². The summed E-state index contributed by atoms with van der Waals surface area (Å²) >= 11 is 0. The first-order valence-corrected chi connectivity index (χ1v) is 8.07. The molecule has 2 aliphatic rings. The van der Waals surface area contributed by atoms with Gasteiger partial charge in [-0.05, 0) is 48.6 Å². The fraction of sp³-hybridized carbons (Fsp3) is 0.316. The lowest BCUT2D eigenvalue weighted by atomic mass is 9.96. The van der Waals surface area contributed by atoms with Gasteiger partial charge in [-0.15, -0.1) is 0 Å². The number of urea groups is 1. The van der Waals surface area contributed by atoms with Crippen LogP contribution in [0.1, 0.15) is 24.0 Å². The summed E-state index contributed by atoms with van der Waals surface area (Å²) in [5.41, 5.74) is 3.34. The van der Waals surface area contributed by atoms with Crippen LogP contribution in [0.2, 0.25) is 0 Å². The first-order chi connectivity index (χ1) is 11.2. The van der Waals surface area contributed by atoms with E-state index in [1.807, 2.05) is 35.2 Å². The van der Waals surface area contributed by atoms with Crippen molar-refractivity contribution in [3.63, 3.8) is 0 Å². The Morgan fingerprint density at radius 2 is 1.87 bits per heavy atom. The summed E-state index contributed by atoms with van der Waals surface area (Å²) in [6, 6.07) is 14.7. The molecule has 1 N–H and O–H groups in total. The zero-order valence-electron chi connectivity index (χ0n) is 12.9. The number of carbonyl (C=O) groups excluding carboxylic acids is 1. The average Bonchev–Trinajstić information content (AvgIpc) is 3.24. The fourth-order valence-corrected chi connectivity index (χ4v) is 3.41. The fourth-order valence-electron chi connectivity index (χ4n) is 3.41. The van der Waals surface area contributed by atoms with Gasteiger partial charge in [0.05, 0.1) is 0 Å². The first kappa shape index (κ1) is 14.2. The van der Waals surface area contributed by atoms with E-state index in [9.17, 15) is 9.18 Å². The molecule has 4 heteroatoms. The summed E-state index contributed by atoms with van der Waals surface area (Å²) in [5.74, 6) is -0.220. The first-order valence-electron chi connectivity index (χ1n) is 8.07. The van der Waals surface area contributed by atoms with Crippen LogP contribution in [0.5, 0.6) is 0 Å². The molecule has 1 aliphatic heterocycles. The molecule has 0 atom stereocenters. The lowest BCUT2D eigenvalue weighted by Gasteiger charge is -2.21. The number of rotatable bonds is 3. The average molecular weight is 310 g/mol. The molecule has 0 unspecified atom stereocenters. The number of amides is 2. The van der Waals surface area contributed by atoms with E-state index < -0.39 is 0 Å². The molecule has 1 aliphatic carbocycles. The number of hydrogen-bond donors (Lipinski definition) is 1. The molecule has 0 radical (unpaired) electrons. The Bertz CT molecular complexity index is 737. The Kier molecular flexibility index (Phi) is 3.33. The van der Waals surface area contributed by atoms with Gasteiger partial charge in [-0.1, -0.05) is 30.3 Å². The molecule has 1 fully saturated rings. The lowest BCUT2D eigenvalue weighted by molar-refractivity contribution is 0.245. The van der Waals surface area contributed by atoms with Crippen LogP contribution in [0.15, 0.2) is 48.5 Å². The van der Waals surface area contributed by atoms with E-state index >= 15 is 0 Å². The van der Waals surface area contributed by atoms with Crippen molar-refractivity contribution in [3.05, 3.63) is 65.5 Å². The van der Waals surface area contributed by atoms with Crippen molar-refractivity contribution in [2.45, 2.75) is 24.7 Å². The van der Waals surface area contributed by atoms with Crippen LogP contribution in [-0.4, -0.2) is 19.1 Å². The van der Waals surface area contributed by atoms with Crippen LogP contribution >= 0.6 is 0 Å². The van der Waals surface area contributed by atoms with Gasteiger partial charge < -0.3 is 5.32 Å². The van der Waals surface area contributed by atoms with Crippen molar-refractivity contribution in [1.29, 1.82) is 0 Å². The van der Waals surface area contributed by atoms with Gasteiger partial charge in [0.15, 0.2) is 0 Å². The van der Waals surface area contributed by atoms with Crippen LogP contribution in [0, 0.1) is 5.82 Å². The van der Waals surface area contributed by atoms with Gasteiger partial charge in [-0.25, -0.2) is 9.18 Å². The molecular formula is C19H19FN2O. The van der Waals surface area contributed by atoms with Crippen molar-refractivity contribution in [2.75, 3.05) is 18.0 Å². The number of nitrogens with zero attached hydrogens (tertiary/aromatic N) is 1. The highest BCUT2D eigenvalue weighted by Gasteiger charge is 2.44. The van der Waals surface area contributed by atoms with Crippen molar-refractivity contribution in [1.82, 2.24) is 5.32 Å². The molecule has 3 nitrogen and oxygen atoms in total. The number of benzene rings is 2. The van der Waals surface area contributed by atoms with Crippen LogP contribution in [0.25, 0.3) is 0 Å². The van der Waals surface area contributed by atoms with Crippen LogP contribution in [0.3, 0.4) is 0 Å².